The molecule has 2 heterocycles. The average molecular weight is 414 g/mol. The molecule has 3 rings (SSSR count). The van der Waals surface area contributed by atoms with E-state index in [1.807, 2.05) is 30.5 Å². The highest BCUT2D eigenvalue weighted by Crippen LogP contribution is 2.22. The highest BCUT2D eigenvalue weighted by Gasteiger charge is 2.19. The van der Waals surface area contributed by atoms with E-state index in [-0.39, 0.29) is 0 Å². The summed E-state index contributed by atoms with van der Waals surface area (Å²) in [6, 6.07) is 14.2. The van der Waals surface area contributed by atoms with Crippen molar-refractivity contribution < 1.29 is 0 Å². The number of hydrogen-bond acceptors (Lipinski definition) is 3. The maximum absolute atomic E-state index is 6.30. The van der Waals surface area contributed by atoms with Gasteiger partial charge in [0.05, 0.1) is 0 Å². The maximum atomic E-state index is 6.30. The first-order valence-corrected chi connectivity index (χ1v) is 11.0. The fraction of sp³-hybridized carbons (Fsp3) is 0.478. The van der Waals surface area contributed by atoms with Crippen LogP contribution in [0.5, 0.6) is 0 Å². The molecule has 2 N–H and O–H groups in total. The van der Waals surface area contributed by atoms with Crippen molar-refractivity contribution in [3.8, 4) is 0 Å². The Labute approximate surface area is 179 Å². The first-order chi connectivity index (χ1) is 14.2. The summed E-state index contributed by atoms with van der Waals surface area (Å²) in [6.07, 6.45) is 5.10. The van der Waals surface area contributed by atoms with Crippen molar-refractivity contribution in [2.75, 3.05) is 32.7 Å². The van der Waals surface area contributed by atoms with Crippen molar-refractivity contribution in [3.63, 3.8) is 0 Å². The summed E-state index contributed by atoms with van der Waals surface area (Å²) in [7, 11) is 0. The molecule has 156 valence electrons. The van der Waals surface area contributed by atoms with Crippen LogP contribution >= 0.6 is 11.6 Å². The minimum Gasteiger partial charge on any atom is -0.357 e. The van der Waals surface area contributed by atoms with Crippen molar-refractivity contribution in [2.24, 2.45) is 10.9 Å². The number of nitrogens with one attached hydrogen (secondary N) is 2. The van der Waals surface area contributed by atoms with E-state index >= 15 is 0 Å². The summed E-state index contributed by atoms with van der Waals surface area (Å²) in [5.41, 5.74) is 2.32. The van der Waals surface area contributed by atoms with Crippen LogP contribution in [0, 0.1) is 5.92 Å². The van der Waals surface area contributed by atoms with Crippen molar-refractivity contribution >= 4 is 17.6 Å². The second kappa shape index (κ2) is 11.8. The Morgan fingerprint density at radius 2 is 1.93 bits per heavy atom. The van der Waals surface area contributed by atoms with Crippen LogP contribution in [0.1, 0.15) is 31.0 Å². The third-order valence-corrected chi connectivity index (χ3v) is 5.68. The fourth-order valence-electron chi connectivity index (χ4n) is 3.61. The number of halogens is 1. The molecule has 6 heteroatoms. The molecule has 29 heavy (non-hydrogen) atoms. The number of guanidine groups is 1. The molecular weight excluding hydrogens is 382 g/mol. The van der Waals surface area contributed by atoms with E-state index in [1.54, 1.807) is 0 Å². The number of benzene rings is 1. The van der Waals surface area contributed by atoms with E-state index in [9.17, 15) is 0 Å². The van der Waals surface area contributed by atoms with Crippen LogP contribution in [0.3, 0.4) is 0 Å². The molecule has 5 nitrogen and oxygen atoms in total. The molecule has 1 aliphatic heterocycles. The lowest BCUT2D eigenvalue weighted by Crippen LogP contribution is -2.39. The Hall–Kier alpha value is -2.11. The van der Waals surface area contributed by atoms with E-state index in [0.29, 0.717) is 5.92 Å². The summed E-state index contributed by atoms with van der Waals surface area (Å²) in [5.74, 6) is 1.55. The Morgan fingerprint density at radius 1 is 1.14 bits per heavy atom. The predicted molar refractivity (Wildman–Crippen MR) is 121 cm³/mol. The first-order valence-electron chi connectivity index (χ1n) is 10.6. The largest absolute Gasteiger partial charge is 0.357 e. The molecule has 1 saturated heterocycles. The number of aliphatic imine (C=N–C) groups is 1. The van der Waals surface area contributed by atoms with Crippen LogP contribution in [0.15, 0.2) is 53.7 Å². The van der Waals surface area contributed by atoms with Crippen LogP contribution in [0.4, 0.5) is 0 Å². The fourth-order valence-corrected chi connectivity index (χ4v) is 3.81. The zero-order valence-electron chi connectivity index (χ0n) is 17.3. The van der Waals surface area contributed by atoms with Crippen LogP contribution in [0.2, 0.25) is 5.02 Å². The monoisotopic (exact) mass is 413 g/mol. The van der Waals surface area contributed by atoms with Gasteiger partial charge in [0.15, 0.2) is 5.96 Å². The van der Waals surface area contributed by atoms with Gasteiger partial charge in [0.2, 0.25) is 0 Å². The lowest BCUT2D eigenvalue weighted by Gasteiger charge is -2.31. The highest BCUT2D eigenvalue weighted by atomic mass is 35.5. The summed E-state index contributed by atoms with van der Waals surface area (Å²) in [4.78, 5) is 11.7. The van der Waals surface area contributed by atoms with Gasteiger partial charge in [-0.15, -0.1) is 0 Å². The molecule has 0 saturated carbocycles. The van der Waals surface area contributed by atoms with Gasteiger partial charge >= 0.3 is 0 Å². The van der Waals surface area contributed by atoms with Gasteiger partial charge in [0, 0.05) is 49.5 Å². The first kappa shape index (κ1) is 21.6. The Kier molecular flexibility index (Phi) is 8.78. The lowest BCUT2D eigenvalue weighted by atomic mass is 9.96. The molecule has 0 bridgehead atoms. The summed E-state index contributed by atoms with van der Waals surface area (Å²) in [5, 5.41) is 7.65. The molecular formula is C23H32ClN5. The number of nitrogens with zero attached hydrogens (tertiary/aromatic N) is 3. The van der Waals surface area contributed by atoms with Crippen LogP contribution in [-0.4, -0.2) is 48.6 Å². The Morgan fingerprint density at radius 3 is 2.66 bits per heavy atom. The third kappa shape index (κ3) is 7.33. The summed E-state index contributed by atoms with van der Waals surface area (Å²) < 4.78 is 0. The topological polar surface area (TPSA) is 52.6 Å². The number of aromatic nitrogens is 1. The molecule has 0 atom stereocenters. The standard InChI is InChI=1S/C23H32ClN5/c1-2-25-23(27-14-10-21-8-5-6-13-26-21)28-17-19-11-15-29(16-12-19)18-20-7-3-4-9-22(20)24/h3-9,13,19H,2,10-12,14-18H2,1H3,(H2,25,27,28). The second-order valence-electron chi connectivity index (χ2n) is 7.53. The Bertz CT molecular complexity index is 757. The molecule has 1 aromatic heterocycles. The molecule has 1 aliphatic rings. The van der Waals surface area contributed by atoms with Gasteiger partial charge in [-0.3, -0.25) is 14.9 Å². The van der Waals surface area contributed by atoms with E-state index in [1.165, 1.54) is 18.4 Å². The zero-order chi connectivity index (χ0) is 20.3. The van der Waals surface area contributed by atoms with Crippen molar-refractivity contribution in [2.45, 2.75) is 32.7 Å². The third-order valence-electron chi connectivity index (χ3n) is 5.31. The molecule has 0 radical (unpaired) electrons. The second-order valence-corrected chi connectivity index (χ2v) is 7.94. The van der Waals surface area contributed by atoms with Crippen molar-refractivity contribution in [1.29, 1.82) is 0 Å². The average Bonchev–Trinajstić information content (AvgIpc) is 2.75. The van der Waals surface area contributed by atoms with Gasteiger partial charge in [-0.1, -0.05) is 35.9 Å². The minimum atomic E-state index is 0.642. The molecule has 0 aliphatic carbocycles. The molecule has 0 unspecified atom stereocenters. The van der Waals surface area contributed by atoms with Gasteiger partial charge in [-0.2, -0.15) is 0 Å². The smallest absolute Gasteiger partial charge is 0.191 e. The van der Waals surface area contributed by atoms with Gasteiger partial charge in [0.1, 0.15) is 0 Å². The molecule has 1 fully saturated rings. The normalized spacial score (nSPS) is 16.0. The van der Waals surface area contributed by atoms with Crippen LogP contribution in [-0.2, 0) is 13.0 Å². The molecule has 2 aromatic rings. The molecule has 1 aromatic carbocycles. The number of hydrogen-bond donors (Lipinski definition) is 2. The van der Waals surface area contributed by atoms with Crippen molar-refractivity contribution in [3.05, 3.63) is 64.9 Å². The zero-order valence-corrected chi connectivity index (χ0v) is 18.0. The highest BCUT2D eigenvalue weighted by molar-refractivity contribution is 6.31. The van der Waals surface area contributed by atoms with E-state index < -0.39 is 0 Å². The summed E-state index contributed by atoms with van der Waals surface area (Å²) >= 11 is 6.30. The van der Waals surface area contributed by atoms with Gasteiger partial charge in [-0.05, 0) is 62.5 Å². The van der Waals surface area contributed by atoms with Crippen LogP contribution in [0.25, 0.3) is 0 Å². The van der Waals surface area contributed by atoms with Gasteiger partial charge in [0.25, 0.3) is 0 Å². The minimum absolute atomic E-state index is 0.642. The number of likely N-dealkylation sites (tertiary alicyclic amines) is 1. The molecule has 0 amide bonds. The Balaban J connectivity index is 1.41. The number of pyridine rings is 1. The molecule has 0 spiro atoms. The van der Waals surface area contributed by atoms with Crippen molar-refractivity contribution in [1.82, 2.24) is 20.5 Å². The van der Waals surface area contributed by atoms with E-state index in [0.717, 1.165) is 62.4 Å². The number of piperidine rings is 1. The van der Waals surface area contributed by atoms with Gasteiger partial charge < -0.3 is 10.6 Å². The maximum Gasteiger partial charge on any atom is 0.191 e. The number of rotatable bonds is 8. The lowest BCUT2D eigenvalue weighted by molar-refractivity contribution is 0.180. The quantitative estimate of drug-likeness (QED) is 0.511. The van der Waals surface area contributed by atoms with E-state index in [2.05, 4.69) is 45.6 Å². The van der Waals surface area contributed by atoms with Gasteiger partial charge in [-0.25, -0.2) is 0 Å². The SMILES string of the molecule is CCNC(=NCC1CCN(Cc2ccccc2Cl)CC1)NCCc1ccccn1. The predicted octanol–water partition coefficient (Wildman–Crippen LogP) is 3.74. The van der Waals surface area contributed by atoms with E-state index in [4.69, 9.17) is 16.6 Å². The van der Waals surface area contributed by atoms with Crippen LogP contribution < -0.4 is 10.6 Å². The summed E-state index contributed by atoms with van der Waals surface area (Å²) in [6.45, 7) is 7.82.